The van der Waals surface area contributed by atoms with E-state index in [4.69, 9.17) is 5.11 Å². The summed E-state index contributed by atoms with van der Waals surface area (Å²) in [6, 6.07) is 6.18. The summed E-state index contributed by atoms with van der Waals surface area (Å²) in [7, 11) is 1.00. The third-order valence-electron chi connectivity index (χ3n) is 4.42. The Labute approximate surface area is 123 Å². The maximum absolute atomic E-state index is 12.7. The summed E-state index contributed by atoms with van der Waals surface area (Å²) < 4.78 is 1.02. The molecule has 1 N–H and O–H groups in total. The van der Waals surface area contributed by atoms with Crippen molar-refractivity contribution in [1.82, 2.24) is 0 Å². The molecular formula is C16H21BrO2. The van der Waals surface area contributed by atoms with E-state index in [1.54, 1.807) is 0 Å². The van der Waals surface area contributed by atoms with Crippen LogP contribution in [0.15, 0.2) is 22.7 Å². The van der Waals surface area contributed by atoms with Crippen molar-refractivity contribution in [2.45, 2.75) is 39.0 Å². The number of fused-ring (bicyclic) bond motifs is 1. The Hall–Kier alpha value is -0.670. The van der Waals surface area contributed by atoms with Crippen LogP contribution in [0.5, 0.6) is 0 Å². The van der Waals surface area contributed by atoms with Crippen LogP contribution in [0, 0.1) is 11.3 Å². The number of carbonyl (C=O) groups is 1. The van der Waals surface area contributed by atoms with Crippen molar-refractivity contribution in [2.24, 2.45) is 11.3 Å². The standard InChI is InChI=1S/C15H17BrO.CH4O/c1-10-3-2-6-15(8-10)9-11-4-5-12(16)7-13(11)14(15)17;1-2/h4-5,7,10H,2-3,6,8-9H2,1H3;2H,1H3. The highest BCUT2D eigenvalue weighted by atomic mass is 79.9. The van der Waals surface area contributed by atoms with E-state index in [0.717, 1.165) is 36.4 Å². The van der Waals surface area contributed by atoms with Crippen molar-refractivity contribution >= 4 is 21.7 Å². The number of hydrogen-bond donors (Lipinski definition) is 1. The molecule has 2 nitrogen and oxygen atoms in total. The molecule has 1 fully saturated rings. The maximum Gasteiger partial charge on any atom is 0.169 e. The number of aliphatic hydroxyl groups is 1. The minimum absolute atomic E-state index is 0.0548. The van der Waals surface area contributed by atoms with Gasteiger partial charge in [0.15, 0.2) is 5.78 Å². The van der Waals surface area contributed by atoms with E-state index in [1.807, 2.05) is 6.07 Å². The van der Waals surface area contributed by atoms with E-state index < -0.39 is 0 Å². The molecule has 0 bridgehead atoms. The van der Waals surface area contributed by atoms with E-state index >= 15 is 0 Å². The fourth-order valence-corrected chi connectivity index (χ4v) is 4.03. The monoisotopic (exact) mass is 324 g/mol. The van der Waals surface area contributed by atoms with E-state index in [1.165, 1.54) is 18.4 Å². The van der Waals surface area contributed by atoms with Crippen LogP contribution in [0.3, 0.4) is 0 Å². The van der Waals surface area contributed by atoms with Crippen LogP contribution in [0.25, 0.3) is 0 Å². The number of hydrogen-bond acceptors (Lipinski definition) is 2. The van der Waals surface area contributed by atoms with Crippen molar-refractivity contribution in [2.75, 3.05) is 7.11 Å². The Kier molecular flexibility index (Phi) is 4.46. The lowest BCUT2D eigenvalue weighted by molar-refractivity contribution is 0.0696. The van der Waals surface area contributed by atoms with E-state index in [9.17, 15) is 4.79 Å². The predicted molar refractivity (Wildman–Crippen MR) is 80.4 cm³/mol. The van der Waals surface area contributed by atoms with Gasteiger partial charge in [-0.1, -0.05) is 41.8 Å². The molecule has 0 heterocycles. The van der Waals surface area contributed by atoms with Gasteiger partial charge in [0.1, 0.15) is 0 Å². The molecule has 1 spiro atoms. The minimum Gasteiger partial charge on any atom is -0.400 e. The third-order valence-corrected chi connectivity index (χ3v) is 4.91. The molecule has 0 saturated heterocycles. The number of ketones is 1. The molecule has 2 atom stereocenters. The summed E-state index contributed by atoms with van der Waals surface area (Å²) in [4.78, 5) is 12.7. The lowest BCUT2D eigenvalue weighted by Gasteiger charge is -2.35. The van der Waals surface area contributed by atoms with Crippen LogP contribution in [0.1, 0.15) is 48.5 Å². The molecule has 2 unspecified atom stereocenters. The number of Topliss-reactive ketones (excluding diaryl/α,β-unsaturated/α-hetero) is 1. The zero-order chi connectivity index (χ0) is 14.0. The second kappa shape index (κ2) is 5.76. The van der Waals surface area contributed by atoms with Crippen LogP contribution in [-0.4, -0.2) is 18.0 Å². The molecule has 2 aliphatic rings. The van der Waals surface area contributed by atoms with Crippen LogP contribution in [0.2, 0.25) is 0 Å². The molecule has 3 heteroatoms. The first-order valence-electron chi connectivity index (χ1n) is 6.89. The van der Waals surface area contributed by atoms with Gasteiger partial charge in [-0.25, -0.2) is 0 Å². The first-order valence-corrected chi connectivity index (χ1v) is 7.68. The van der Waals surface area contributed by atoms with Crippen LogP contribution in [-0.2, 0) is 6.42 Å². The van der Waals surface area contributed by atoms with Gasteiger partial charge < -0.3 is 5.11 Å². The first kappa shape index (κ1) is 14.7. The zero-order valence-corrected chi connectivity index (χ0v) is 13.2. The Morgan fingerprint density at radius 2 is 2.11 bits per heavy atom. The quantitative estimate of drug-likeness (QED) is 0.783. The second-order valence-corrected chi connectivity index (χ2v) is 6.70. The lowest BCUT2D eigenvalue weighted by atomic mass is 9.68. The van der Waals surface area contributed by atoms with Gasteiger partial charge in [0.25, 0.3) is 0 Å². The van der Waals surface area contributed by atoms with Gasteiger partial charge in [-0.2, -0.15) is 0 Å². The van der Waals surface area contributed by atoms with E-state index in [-0.39, 0.29) is 5.41 Å². The molecular weight excluding hydrogens is 304 g/mol. The highest BCUT2D eigenvalue weighted by molar-refractivity contribution is 9.10. The largest absolute Gasteiger partial charge is 0.400 e. The van der Waals surface area contributed by atoms with Gasteiger partial charge in [-0.05, 0) is 42.9 Å². The van der Waals surface area contributed by atoms with E-state index in [0.29, 0.717) is 11.7 Å². The van der Waals surface area contributed by atoms with Gasteiger partial charge >= 0.3 is 0 Å². The molecule has 1 aromatic carbocycles. The Bertz CT molecular complexity index is 484. The second-order valence-electron chi connectivity index (χ2n) is 5.79. The number of aliphatic hydroxyl groups excluding tert-OH is 1. The Morgan fingerprint density at radius 1 is 1.37 bits per heavy atom. The average Bonchev–Trinajstić information content (AvgIpc) is 2.66. The third kappa shape index (κ3) is 2.63. The SMILES string of the molecule is CC1CCCC2(Cc3ccc(Br)cc3C2=O)C1.CO. The van der Waals surface area contributed by atoms with Crippen molar-refractivity contribution in [3.8, 4) is 0 Å². The van der Waals surface area contributed by atoms with Crippen molar-refractivity contribution < 1.29 is 9.90 Å². The number of rotatable bonds is 0. The number of carbonyl (C=O) groups excluding carboxylic acids is 1. The molecule has 0 amide bonds. The van der Waals surface area contributed by atoms with Gasteiger partial charge in [-0.15, -0.1) is 0 Å². The van der Waals surface area contributed by atoms with Gasteiger partial charge in [0.2, 0.25) is 0 Å². The molecule has 0 aromatic heterocycles. The van der Waals surface area contributed by atoms with Crippen molar-refractivity contribution in [1.29, 1.82) is 0 Å². The fraction of sp³-hybridized carbons (Fsp3) is 0.562. The van der Waals surface area contributed by atoms with Crippen molar-refractivity contribution in [3.63, 3.8) is 0 Å². The zero-order valence-electron chi connectivity index (χ0n) is 11.6. The highest BCUT2D eigenvalue weighted by Crippen LogP contribution is 2.49. The molecule has 0 radical (unpaired) electrons. The van der Waals surface area contributed by atoms with Crippen LogP contribution < -0.4 is 0 Å². The Balaban J connectivity index is 0.000000637. The fourth-order valence-electron chi connectivity index (χ4n) is 3.67. The lowest BCUT2D eigenvalue weighted by Crippen LogP contribution is -2.33. The highest BCUT2D eigenvalue weighted by Gasteiger charge is 2.47. The van der Waals surface area contributed by atoms with Gasteiger partial charge in [-0.3, -0.25) is 4.79 Å². The molecule has 1 saturated carbocycles. The smallest absolute Gasteiger partial charge is 0.169 e. The molecule has 3 rings (SSSR count). The molecule has 0 aliphatic heterocycles. The normalized spacial score (nSPS) is 28.8. The molecule has 1 aromatic rings. The summed E-state index contributed by atoms with van der Waals surface area (Å²) in [6.07, 6.45) is 5.64. The van der Waals surface area contributed by atoms with Crippen LogP contribution >= 0.6 is 15.9 Å². The summed E-state index contributed by atoms with van der Waals surface area (Å²) in [5.74, 6) is 1.10. The first-order chi connectivity index (χ1) is 9.11. The number of benzene rings is 1. The Morgan fingerprint density at radius 3 is 2.79 bits per heavy atom. The molecule has 19 heavy (non-hydrogen) atoms. The summed E-state index contributed by atoms with van der Waals surface area (Å²) in [6.45, 7) is 2.28. The topological polar surface area (TPSA) is 37.3 Å². The minimum atomic E-state index is -0.0548. The van der Waals surface area contributed by atoms with E-state index in [2.05, 4.69) is 35.0 Å². The summed E-state index contributed by atoms with van der Waals surface area (Å²) >= 11 is 3.46. The average molecular weight is 325 g/mol. The maximum atomic E-state index is 12.7. The predicted octanol–water partition coefficient (Wildman–Crippen LogP) is 3.99. The van der Waals surface area contributed by atoms with Crippen LogP contribution in [0.4, 0.5) is 0 Å². The number of halogens is 1. The summed E-state index contributed by atoms with van der Waals surface area (Å²) in [5, 5.41) is 7.00. The van der Waals surface area contributed by atoms with Crippen molar-refractivity contribution in [3.05, 3.63) is 33.8 Å². The summed E-state index contributed by atoms with van der Waals surface area (Å²) in [5.41, 5.74) is 2.17. The molecule has 2 aliphatic carbocycles. The van der Waals surface area contributed by atoms with Gasteiger partial charge in [0, 0.05) is 22.6 Å². The van der Waals surface area contributed by atoms with Gasteiger partial charge in [0.05, 0.1) is 0 Å². The molecule has 104 valence electrons.